The SMILES string of the molecule is COc1ccc(CCNC(=O)COc2ccc(F)c(F)c2)cc1. The van der Waals surface area contributed by atoms with Gasteiger partial charge in [-0.15, -0.1) is 0 Å². The fourth-order valence-electron chi connectivity index (χ4n) is 1.91. The van der Waals surface area contributed by atoms with Gasteiger partial charge >= 0.3 is 0 Å². The minimum atomic E-state index is -1.01. The molecule has 0 unspecified atom stereocenters. The van der Waals surface area contributed by atoms with Crippen molar-refractivity contribution in [3.8, 4) is 11.5 Å². The first-order valence-corrected chi connectivity index (χ1v) is 7.06. The molecule has 0 fully saturated rings. The van der Waals surface area contributed by atoms with Crippen LogP contribution in [0.3, 0.4) is 0 Å². The normalized spacial score (nSPS) is 10.2. The van der Waals surface area contributed by atoms with Crippen molar-refractivity contribution in [3.05, 3.63) is 59.7 Å². The van der Waals surface area contributed by atoms with E-state index in [9.17, 15) is 13.6 Å². The molecule has 122 valence electrons. The average Bonchev–Trinajstić information content (AvgIpc) is 2.56. The number of halogens is 2. The van der Waals surface area contributed by atoms with Gasteiger partial charge in [-0.3, -0.25) is 4.79 Å². The zero-order valence-electron chi connectivity index (χ0n) is 12.6. The molecule has 0 spiro atoms. The summed E-state index contributed by atoms with van der Waals surface area (Å²) in [5, 5.41) is 2.69. The van der Waals surface area contributed by atoms with E-state index in [0.29, 0.717) is 13.0 Å². The lowest BCUT2D eigenvalue weighted by molar-refractivity contribution is -0.123. The number of benzene rings is 2. The van der Waals surface area contributed by atoms with Crippen LogP contribution in [-0.4, -0.2) is 26.2 Å². The number of methoxy groups -OCH3 is 1. The molecule has 0 bridgehead atoms. The lowest BCUT2D eigenvalue weighted by Gasteiger charge is -2.08. The molecule has 2 rings (SSSR count). The second kappa shape index (κ2) is 8.12. The Morgan fingerprint density at radius 3 is 2.39 bits per heavy atom. The Morgan fingerprint density at radius 1 is 1.04 bits per heavy atom. The number of ether oxygens (including phenoxy) is 2. The van der Waals surface area contributed by atoms with E-state index in [0.717, 1.165) is 23.4 Å². The van der Waals surface area contributed by atoms with Crippen molar-refractivity contribution in [1.29, 1.82) is 0 Å². The molecule has 0 atom stereocenters. The molecule has 6 heteroatoms. The smallest absolute Gasteiger partial charge is 0.257 e. The zero-order valence-corrected chi connectivity index (χ0v) is 12.6. The van der Waals surface area contributed by atoms with Crippen LogP contribution in [0.25, 0.3) is 0 Å². The lowest BCUT2D eigenvalue weighted by Crippen LogP contribution is -2.30. The second-order valence-electron chi connectivity index (χ2n) is 4.81. The van der Waals surface area contributed by atoms with E-state index in [-0.39, 0.29) is 18.3 Å². The van der Waals surface area contributed by atoms with Gasteiger partial charge in [0.2, 0.25) is 0 Å². The molecule has 1 amide bonds. The summed E-state index contributed by atoms with van der Waals surface area (Å²) in [7, 11) is 1.60. The number of hydrogen-bond acceptors (Lipinski definition) is 3. The highest BCUT2D eigenvalue weighted by Gasteiger charge is 2.06. The summed E-state index contributed by atoms with van der Waals surface area (Å²) in [5.74, 6) is -1.42. The van der Waals surface area contributed by atoms with Gasteiger partial charge in [0, 0.05) is 12.6 Å². The Balaban J connectivity index is 1.71. The van der Waals surface area contributed by atoms with Crippen LogP contribution in [0.5, 0.6) is 11.5 Å². The molecule has 1 N–H and O–H groups in total. The molecule has 2 aromatic carbocycles. The van der Waals surface area contributed by atoms with Crippen molar-refractivity contribution < 1.29 is 23.0 Å². The first-order valence-electron chi connectivity index (χ1n) is 7.06. The van der Waals surface area contributed by atoms with Gasteiger partial charge in [-0.2, -0.15) is 0 Å². The van der Waals surface area contributed by atoms with Crippen molar-refractivity contribution in [1.82, 2.24) is 5.32 Å². The summed E-state index contributed by atoms with van der Waals surface area (Å²) in [6, 6.07) is 10.7. The Morgan fingerprint density at radius 2 is 1.74 bits per heavy atom. The molecule has 0 saturated carbocycles. The Kier molecular flexibility index (Phi) is 5.91. The third-order valence-electron chi connectivity index (χ3n) is 3.16. The molecule has 0 aromatic heterocycles. The van der Waals surface area contributed by atoms with E-state index >= 15 is 0 Å². The van der Waals surface area contributed by atoms with Crippen molar-refractivity contribution in [3.63, 3.8) is 0 Å². The summed E-state index contributed by atoms with van der Waals surface area (Å²) in [4.78, 5) is 11.6. The van der Waals surface area contributed by atoms with E-state index in [1.807, 2.05) is 24.3 Å². The predicted molar refractivity (Wildman–Crippen MR) is 81.6 cm³/mol. The topological polar surface area (TPSA) is 47.6 Å². The standard InChI is InChI=1S/C17H17F2NO3/c1-22-13-4-2-12(3-5-13)8-9-20-17(21)11-23-14-6-7-15(18)16(19)10-14/h2-7,10H,8-9,11H2,1H3,(H,20,21). The Bertz CT molecular complexity index is 659. The van der Waals surface area contributed by atoms with Gasteiger partial charge in [-0.25, -0.2) is 8.78 Å². The summed E-state index contributed by atoms with van der Waals surface area (Å²) in [6.45, 7) is 0.194. The molecule has 23 heavy (non-hydrogen) atoms. The minimum Gasteiger partial charge on any atom is -0.497 e. The number of carbonyl (C=O) groups excluding carboxylic acids is 1. The monoisotopic (exact) mass is 321 g/mol. The highest BCUT2D eigenvalue weighted by atomic mass is 19.2. The van der Waals surface area contributed by atoms with Crippen LogP contribution in [0, 0.1) is 11.6 Å². The first-order chi connectivity index (χ1) is 11.1. The highest BCUT2D eigenvalue weighted by molar-refractivity contribution is 5.77. The van der Waals surface area contributed by atoms with Gasteiger partial charge in [0.25, 0.3) is 5.91 Å². The number of hydrogen-bond donors (Lipinski definition) is 1. The Hall–Kier alpha value is -2.63. The van der Waals surface area contributed by atoms with Crippen molar-refractivity contribution >= 4 is 5.91 Å². The van der Waals surface area contributed by atoms with Crippen LogP contribution in [0.2, 0.25) is 0 Å². The van der Waals surface area contributed by atoms with Crippen molar-refractivity contribution in [2.24, 2.45) is 0 Å². The molecule has 4 nitrogen and oxygen atoms in total. The van der Waals surface area contributed by atoms with Crippen molar-refractivity contribution in [2.45, 2.75) is 6.42 Å². The zero-order chi connectivity index (χ0) is 16.7. The van der Waals surface area contributed by atoms with Gasteiger partial charge in [0.1, 0.15) is 11.5 Å². The van der Waals surface area contributed by atoms with E-state index in [2.05, 4.69) is 5.32 Å². The summed E-state index contributed by atoms with van der Waals surface area (Å²) in [6.07, 6.45) is 0.668. The Labute approximate surface area is 133 Å². The highest BCUT2D eigenvalue weighted by Crippen LogP contribution is 2.15. The van der Waals surface area contributed by atoms with E-state index in [4.69, 9.17) is 9.47 Å². The average molecular weight is 321 g/mol. The van der Waals surface area contributed by atoms with E-state index in [1.54, 1.807) is 7.11 Å². The summed E-state index contributed by atoms with van der Waals surface area (Å²) < 4.78 is 35.9. The van der Waals surface area contributed by atoms with Crippen LogP contribution in [0.4, 0.5) is 8.78 Å². The molecule has 0 radical (unpaired) electrons. The minimum absolute atomic E-state index is 0.106. The van der Waals surface area contributed by atoms with Crippen LogP contribution in [0.15, 0.2) is 42.5 Å². The maximum atomic E-state index is 13.0. The molecule has 0 heterocycles. The van der Waals surface area contributed by atoms with Crippen LogP contribution in [0.1, 0.15) is 5.56 Å². The van der Waals surface area contributed by atoms with Gasteiger partial charge in [-0.05, 0) is 36.2 Å². The third kappa shape index (κ3) is 5.25. The van der Waals surface area contributed by atoms with E-state index in [1.165, 1.54) is 6.07 Å². The van der Waals surface area contributed by atoms with Gasteiger partial charge in [-0.1, -0.05) is 12.1 Å². The molecule has 0 aliphatic rings. The van der Waals surface area contributed by atoms with Gasteiger partial charge < -0.3 is 14.8 Å². The maximum absolute atomic E-state index is 13.0. The molecular formula is C17H17F2NO3. The number of amides is 1. The molecule has 0 saturated heterocycles. The maximum Gasteiger partial charge on any atom is 0.257 e. The van der Waals surface area contributed by atoms with Crippen LogP contribution < -0.4 is 14.8 Å². The summed E-state index contributed by atoms with van der Waals surface area (Å²) in [5.41, 5.74) is 1.06. The summed E-state index contributed by atoms with van der Waals surface area (Å²) >= 11 is 0. The second-order valence-corrected chi connectivity index (χ2v) is 4.81. The molecular weight excluding hydrogens is 304 g/mol. The quantitative estimate of drug-likeness (QED) is 0.853. The third-order valence-corrected chi connectivity index (χ3v) is 3.16. The first kappa shape index (κ1) is 16.7. The molecule has 0 aliphatic heterocycles. The number of nitrogens with one attached hydrogen (secondary N) is 1. The largest absolute Gasteiger partial charge is 0.497 e. The van der Waals surface area contributed by atoms with Crippen LogP contribution in [-0.2, 0) is 11.2 Å². The number of rotatable bonds is 7. The fourth-order valence-corrected chi connectivity index (χ4v) is 1.91. The molecule has 2 aromatic rings. The van der Waals surface area contributed by atoms with Crippen molar-refractivity contribution in [2.75, 3.05) is 20.3 Å². The predicted octanol–water partition coefficient (Wildman–Crippen LogP) is 2.71. The number of carbonyl (C=O) groups is 1. The lowest BCUT2D eigenvalue weighted by atomic mass is 10.1. The van der Waals surface area contributed by atoms with Gasteiger partial charge in [0.15, 0.2) is 18.2 Å². The van der Waals surface area contributed by atoms with E-state index < -0.39 is 11.6 Å². The van der Waals surface area contributed by atoms with Gasteiger partial charge in [0.05, 0.1) is 7.11 Å². The fraction of sp³-hybridized carbons (Fsp3) is 0.235. The van der Waals surface area contributed by atoms with Crippen LogP contribution >= 0.6 is 0 Å². The molecule has 0 aliphatic carbocycles.